The summed E-state index contributed by atoms with van der Waals surface area (Å²) < 4.78 is 25.3. The molecular formula is C31H31FN4O5. The van der Waals surface area contributed by atoms with Crippen LogP contribution in [0.15, 0.2) is 78.9 Å². The largest absolute Gasteiger partial charge is 0.467 e. The Balaban J connectivity index is 1.48. The van der Waals surface area contributed by atoms with Crippen molar-refractivity contribution in [2.75, 3.05) is 12.4 Å². The molecule has 0 spiro atoms. The number of benzene rings is 3. The van der Waals surface area contributed by atoms with Gasteiger partial charge in [0.2, 0.25) is 0 Å². The number of anilines is 1. The van der Waals surface area contributed by atoms with Gasteiger partial charge in [0.05, 0.1) is 24.2 Å². The summed E-state index contributed by atoms with van der Waals surface area (Å²) >= 11 is 0. The van der Waals surface area contributed by atoms with E-state index < -0.39 is 35.9 Å². The molecule has 41 heavy (non-hydrogen) atoms. The minimum absolute atomic E-state index is 0.138. The minimum atomic E-state index is -0.961. The van der Waals surface area contributed by atoms with Crippen molar-refractivity contribution in [3.63, 3.8) is 0 Å². The summed E-state index contributed by atoms with van der Waals surface area (Å²) in [5, 5.41) is 9.94. The van der Waals surface area contributed by atoms with E-state index in [-0.39, 0.29) is 6.42 Å². The lowest BCUT2D eigenvalue weighted by molar-refractivity contribution is -0.142. The maximum Gasteiger partial charge on any atom is 0.412 e. The number of carbonyl (C=O) groups is 3. The highest BCUT2D eigenvalue weighted by atomic mass is 19.1. The molecule has 4 aromatic rings. The third kappa shape index (κ3) is 7.16. The molecule has 1 heterocycles. The highest BCUT2D eigenvalue weighted by Crippen LogP contribution is 2.31. The van der Waals surface area contributed by atoms with E-state index in [0.29, 0.717) is 33.8 Å². The number of hydrogen-bond donors (Lipinski definition) is 2. The van der Waals surface area contributed by atoms with Crippen molar-refractivity contribution in [1.29, 1.82) is 0 Å². The Hall–Kier alpha value is -4.99. The first-order valence-electron chi connectivity index (χ1n) is 13.0. The monoisotopic (exact) mass is 558 g/mol. The van der Waals surface area contributed by atoms with Gasteiger partial charge in [-0.2, -0.15) is 5.10 Å². The van der Waals surface area contributed by atoms with Crippen molar-refractivity contribution in [2.24, 2.45) is 7.05 Å². The average molecular weight is 559 g/mol. The molecule has 0 saturated heterocycles. The van der Waals surface area contributed by atoms with Gasteiger partial charge in [-0.05, 0) is 49.2 Å². The van der Waals surface area contributed by atoms with Crippen LogP contribution in [0, 0.1) is 12.7 Å². The smallest absolute Gasteiger partial charge is 0.412 e. The molecular weight excluding hydrogens is 527 g/mol. The second kappa shape index (κ2) is 12.9. The molecule has 0 fully saturated rings. The van der Waals surface area contributed by atoms with Gasteiger partial charge >= 0.3 is 12.1 Å². The number of ether oxygens (including phenoxy) is 2. The number of nitrogens with one attached hydrogen (secondary N) is 2. The van der Waals surface area contributed by atoms with Gasteiger partial charge in [-0.3, -0.25) is 14.8 Å². The van der Waals surface area contributed by atoms with Crippen LogP contribution in [0.25, 0.3) is 11.3 Å². The lowest BCUT2D eigenvalue weighted by Gasteiger charge is -2.17. The molecule has 0 radical (unpaired) electrons. The molecule has 9 nitrogen and oxygen atoms in total. The van der Waals surface area contributed by atoms with Crippen LogP contribution in [0.4, 0.5) is 14.9 Å². The molecule has 0 aliphatic rings. The van der Waals surface area contributed by atoms with Gasteiger partial charge in [-0.25, -0.2) is 14.0 Å². The molecule has 0 aliphatic heterocycles. The maximum atomic E-state index is 13.3. The summed E-state index contributed by atoms with van der Waals surface area (Å²) in [6, 6.07) is 20.8. The predicted molar refractivity (Wildman–Crippen MR) is 152 cm³/mol. The van der Waals surface area contributed by atoms with Crippen LogP contribution in [-0.2, 0) is 27.7 Å². The fraction of sp³-hybridized carbons (Fsp3) is 0.226. The molecule has 0 aliphatic carbocycles. The number of hydrogen-bond acceptors (Lipinski definition) is 6. The Kier molecular flexibility index (Phi) is 9.13. The van der Waals surface area contributed by atoms with Crippen molar-refractivity contribution < 1.29 is 28.2 Å². The summed E-state index contributed by atoms with van der Waals surface area (Å²) in [7, 11) is 2.99. The standard InChI is InChI=1S/C31H31FN4O5/c1-19-27(34-31(39)41-20(2)22-8-6-5-7-9-22)28(36(3)35-19)23-12-14-24(15-13-23)29(37)33-26(30(38)40-4)18-21-10-16-25(32)17-11-21/h5-17,20,26H,18H2,1-4H3,(H,33,37)(H,34,39)/t20-,26?/m1/s1. The Bertz CT molecular complexity index is 1520. The molecule has 2 amide bonds. The molecule has 2 N–H and O–H groups in total. The van der Waals surface area contributed by atoms with E-state index in [1.54, 1.807) is 62.0 Å². The number of rotatable bonds is 9. The lowest BCUT2D eigenvalue weighted by atomic mass is 10.0. The summed E-state index contributed by atoms with van der Waals surface area (Å²) in [4.78, 5) is 38.1. The molecule has 1 unspecified atom stereocenters. The Morgan fingerprint density at radius 2 is 1.63 bits per heavy atom. The van der Waals surface area contributed by atoms with E-state index in [4.69, 9.17) is 9.47 Å². The van der Waals surface area contributed by atoms with Crippen molar-refractivity contribution in [3.8, 4) is 11.3 Å². The van der Waals surface area contributed by atoms with Gasteiger partial charge in [0.15, 0.2) is 0 Å². The fourth-order valence-electron chi connectivity index (χ4n) is 4.44. The maximum absolute atomic E-state index is 13.3. The third-order valence-corrected chi connectivity index (χ3v) is 6.57. The summed E-state index contributed by atoms with van der Waals surface area (Å²) in [5.41, 5.74) is 4.25. The molecule has 1 aromatic heterocycles. The fourth-order valence-corrected chi connectivity index (χ4v) is 4.44. The van der Waals surface area contributed by atoms with Crippen LogP contribution in [0.2, 0.25) is 0 Å². The normalized spacial score (nSPS) is 12.2. The van der Waals surface area contributed by atoms with Gasteiger partial charge in [0, 0.05) is 24.6 Å². The summed E-state index contributed by atoms with van der Waals surface area (Å²) in [5.74, 6) is -1.49. The van der Waals surface area contributed by atoms with Gasteiger partial charge < -0.3 is 14.8 Å². The van der Waals surface area contributed by atoms with Crippen molar-refractivity contribution in [1.82, 2.24) is 15.1 Å². The Morgan fingerprint density at radius 1 is 0.976 bits per heavy atom. The van der Waals surface area contributed by atoms with Crippen molar-refractivity contribution in [2.45, 2.75) is 32.4 Å². The molecule has 10 heteroatoms. The molecule has 212 valence electrons. The Labute approximate surface area is 237 Å². The number of esters is 1. The predicted octanol–water partition coefficient (Wildman–Crippen LogP) is 5.36. The highest BCUT2D eigenvalue weighted by molar-refractivity contribution is 5.98. The SMILES string of the molecule is COC(=O)C(Cc1ccc(F)cc1)NC(=O)c1ccc(-c2c(NC(=O)O[C@H](C)c3ccccc3)c(C)nn2C)cc1. The molecule has 4 rings (SSSR count). The average Bonchev–Trinajstić information content (AvgIpc) is 3.25. The number of nitrogens with zero attached hydrogens (tertiary/aromatic N) is 2. The van der Waals surface area contributed by atoms with Crippen LogP contribution in [0.1, 0.15) is 40.2 Å². The molecule has 2 atom stereocenters. The highest BCUT2D eigenvalue weighted by Gasteiger charge is 2.24. The van der Waals surface area contributed by atoms with Gasteiger partial charge in [-0.1, -0.05) is 54.6 Å². The first kappa shape index (κ1) is 29.0. The second-order valence-electron chi connectivity index (χ2n) is 9.47. The van der Waals surface area contributed by atoms with Crippen molar-refractivity contribution >= 4 is 23.7 Å². The van der Waals surface area contributed by atoms with Crippen LogP contribution < -0.4 is 10.6 Å². The number of aromatic nitrogens is 2. The minimum Gasteiger partial charge on any atom is -0.467 e. The molecule has 0 bridgehead atoms. The first-order valence-corrected chi connectivity index (χ1v) is 13.0. The van der Waals surface area contributed by atoms with Crippen LogP contribution in [0.5, 0.6) is 0 Å². The zero-order chi connectivity index (χ0) is 29.5. The lowest BCUT2D eigenvalue weighted by Crippen LogP contribution is -2.43. The van der Waals surface area contributed by atoms with Gasteiger partial charge in [0.1, 0.15) is 18.0 Å². The van der Waals surface area contributed by atoms with Gasteiger partial charge in [0.25, 0.3) is 5.91 Å². The summed E-state index contributed by atoms with van der Waals surface area (Å²) in [6.45, 7) is 3.57. The number of methoxy groups -OCH3 is 1. The van der Waals surface area contributed by atoms with E-state index in [0.717, 1.165) is 5.56 Å². The van der Waals surface area contributed by atoms with E-state index in [1.165, 1.54) is 19.2 Å². The second-order valence-corrected chi connectivity index (χ2v) is 9.47. The zero-order valence-electron chi connectivity index (χ0n) is 23.2. The molecule has 3 aromatic carbocycles. The topological polar surface area (TPSA) is 112 Å². The molecule has 0 saturated carbocycles. The van der Waals surface area contributed by atoms with E-state index in [9.17, 15) is 18.8 Å². The number of aryl methyl sites for hydroxylation is 2. The first-order chi connectivity index (χ1) is 19.7. The third-order valence-electron chi connectivity index (χ3n) is 6.57. The van der Waals surface area contributed by atoms with Crippen LogP contribution in [-0.4, -0.2) is 40.9 Å². The van der Waals surface area contributed by atoms with E-state index >= 15 is 0 Å². The number of halogens is 1. The van der Waals surface area contributed by atoms with E-state index in [1.807, 2.05) is 30.3 Å². The quantitative estimate of drug-likeness (QED) is 0.268. The van der Waals surface area contributed by atoms with Crippen molar-refractivity contribution in [3.05, 3.63) is 107 Å². The Morgan fingerprint density at radius 3 is 2.27 bits per heavy atom. The number of carbonyl (C=O) groups excluding carboxylic acids is 3. The van der Waals surface area contributed by atoms with Crippen LogP contribution in [0.3, 0.4) is 0 Å². The van der Waals surface area contributed by atoms with Gasteiger partial charge in [-0.15, -0.1) is 0 Å². The van der Waals surface area contributed by atoms with Crippen LogP contribution >= 0.6 is 0 Å². The number of amides is 2. The van der Waals surface area contributed by atoms with E-state index in [2.05, 4.69) is 15.7 Å². The zero-order valence-corrected chi connectivity index (χ0v) is 23.2. The summed E-state index contributed by atoms with van der Waals surface area (Å²) in [6.07, 6.45) is -0.935.